The first-order chi connectivity index (χ1) is 38.5. The van der Waals surface area contributed by atoms with Crippen LogP contribution in [0.1, 0.15) is 400 Å². The zero-order valence-electron chi connectivity index (χ0n) is 53.0. The maximum atomic E-state index is 12.9. The van der Waals surface area contributed by atoms with Gasteiger partial charge < -0.3 is 14.2 Å². The van der Waals surface area contributed by atoms with Gasteiger partial charge in [-0.2, -0.15) is 0 Å². The third-order valence-corrected chi connectivity index (χ3v) is 16.2. The lowest BCUT2D eigenvalue weighted by atomic mass is 10.0. The average molecular weight is 1100 g/mol. The van der Waals surface area contributed by atoms with Crippen LogP contribution in [0.4, 0.5) is 0 Å². The average Bonchev–Trinajstić information content (AvgIpc) is 3.44. The van der Waals surface area contributed by atoms with Gasteiger partial charge in [-0.05, 0) is 70.6 Å². The predicted molar refractivity (Wildman–Crippen MR) is 340 cm³/mol. The highest BCUT2D eigenvalue weighted by molar-refractivity contribution is 5.71. The van der Waals surface area contributed by atoms with Crippen LogP contribution < -0.4 is 0 Å². The summed E-state index contributed by atoms with van der Waals surface area (Å²) >= 11 is 0. The third-order valence-electron chi connectivity index (χ3n) is 16.2. The normalized spacial score (nSPS) is 12.1. The molecule has 0 saturated carbocycles. The SMILES string of the molecule is CCCCCCCC/C=C\CCCCCCCCCCCC(=O)OC(COC(=O)CCCCCCC/C=C\CCCCCCCCC)COC(=O)CCCCCCCCCCCCCCCCCCCCCCCCCCC. The Morgan fingerprint density at radius 2 is 0.423 bits per heavy atom. The molecule has 78 heavy (non-hydrogen) atoms. The smallest absolute Gasteiger partial charge is 0.306 e. The van der Waals surface area contributed by atoms with Crippen molar-refractivity contribution in [3.63, 3.8) is 0 Å². The van der Waals surface area contributed by atoms with Gasteiger partial charge in [0.05, 0.1) is 0 Å². The molecule has 0 aliphatic heterocycles. The maximum Gasteiger partial charge on any atom is 0.306 e. The van der Waals surface area contributed by atoms with Crippen molar-refractivity contribution in [3.8, 4) is 0 Å². The van der Waals surface area contributed by atoms with E-state index in [1.54, 1.807) is 0 Å². The minimum absolute atomic E-state index is 0.0692. The summed E-state index contributed by atoms with van der Waals surface area (Å²) in [6, 6.07) is 0. The van der Waals surface area contributed by atoms with Crippen LogP contribution in [-0.2, 0) is 28.6 Å². The fraction of sp³-hybridized carbons (Fsp3) is 0.903. The van der Waals surface area contributed by atoms with Crippen molar-refractivity contribution < 1.29 is 28.6 Å². The van der Waals surface area contributed by atoms with Gasteiger partial charge in [-0.1, -0.05) is 334 Å². The Morgan fingerprint density at radius 1 is 0.244 bits per heavy atom. The summed E-state index contributed by atoms with van der Waals surface area (Å²) < 4.78 is 17.0. The van der Waals surface area contributed by atoms with E-state index in [1.807, 2.05) is 0 Å². The van der Waals surface area contributed by atoms with Gasteiger partial charge in [0.1, 0.15) is 13.2 Å². The number of allylic oxidation sites excluding steroid dienone is 4. The van der Waals surface area contributed by atoms with Crippen molar-refractivity contribution in [1.82, 2.24) is 0 Å². The van der Waals surface area contributed by atoms with Crippen LogP contribution in [0.2, 0.25) is 0 Å². The number of unbranched alkanes of at least 4 members (excludes halogenated alkanes) is 51. The molecule has 0 bridgehead atoms. The quantitative estimate of drug-likeness (QED) is 0.0261. The standard InChI is InChI=1S/C72H136O6/c1-4-7-10-13-16-19-22-25-28-31-33-34-35-36-37-38-40-41-44-47-50-53-56-59-62-65-71(74)77-68-69(67-76-70(73)64-61-58-55-52-49-46-43-30-27-24-21-18-15-12-9-6-3)78-72(75)66-63-60-57-54-51-48-45-42-39-32-29-26-23-20-17-14-11-8-5-2/h26,29-30,43,69H,4-25,27-28,31-42,44-68H2,1-3H3/b29-26-,43-30-. The summed E-state index contributed by atoms with van der Waals surface area (Å²) in [7, 11) is 0. The number of hydrogen-bond acceptors (Lipinski definition) is 6. The molecule has 1 atom stereocenters. The van der Waals surface area contributed by atoms with Crippen molar-refractivity contribution >= 4 is 17.9 Å². The van der Waals surface area contributed by atoms with Gasteiger partial charge in [0.15, 0.2) is 6.10 Å². The Balaban J connectivity index is 4.26. The maximum absolute atomic E-state index is 12.9. The second-order valence-electron chi connectivity index (χ2n) is 24.1. The first-order valence-corrected chi connectivity index (χ1v) is 35.3. The van der Waals surface area contributed by atoms with E-state index in [1.165, 1.54) is 295 Å². The molecule has 0 aliphatic carbocycles. The van der Waals surface area contributed by atoms with E-state index in [2.05, 4.69) is 45.1 Å². The van der Waals surface area contributed by atoms with Crippen molar-refractivity contribution in [2.45, 2.75) is 406 Å². The fourth-order valence-corrected chi connectivity index (χ4v) is 10.8. The van der Waals surface area contributed by atoms with Gasteiger partial charge in [0.25, 0.3) is 0 Å². The molecule has 6 heteroatoms. The van der Waals surface area contributed by atoms with Crippen molar-refractivity contribution in [1.29, 1.82) is 0 Å². The van der Waals surface area contributed by atoms with Crippen molar-refractivity contribution in [2.24, 2.45) is 0 Å². The molecule has 0 heterocycles. The lowest BCUT2D eigenvalue weighted by Gasteiger charge is -2.18. The Labute approximate surface area is 487 Å². The molecule has 0 N–H and O–H groups in total. The van der Waals surface area contributed by atoms with Crippen LogP contribution in [-0.4, -0.2) is 37.2 Å². The Hall–Kier alpha value is -2.11. The molecule has 0 amide bonds. The van der Waals surface area contributed by atoms with E-state index in [0.29, 0.717) is 19.3 Å². The van der Waals surface area contributed by atoms with Crippen molar-refractivity contribution in [3.05, 3.63) is 24.3 Å². The lowest BCUT2D eigenvalue weighted by molar-refractivity contribution is -0.167. The highest BCUT2D eigenvalue weighted by Gasteiger charge is 2.19. The molecule has 6 nitrogen and oxygen atoms in total. The summed E-state index contributed by atoms with van der Waals surface area (Å²) in [5.74, 6) is -0.849. The molecule has 0 radical (unpaired) electrons. The van der Waals surface area contributed by atoms with Gasteiger partial charge >= 0.3 is 17.9 Å². The topological polar surface area (TPSA) is 78.9 Å². The molecule has 0 saturated heterocycles. The first-order valence-electron chi connectivity index (χ1n) is 35.3. The number of esters is 3. The summed E-state index contributed by atoms with van der Waals surface area (Å²) in [5, 5.41) is 0. The van der Waals surface area contributed by atoms with E-state index in [-0.39, 0.29) is 31.1 Å². The van der Waals surface area contributed by atoms with Gasteiger partial charge in [-0.3, -0.25) is 14.4 Å². The van der Waals surface area contributed by atoms with Crippen LogP contribution in [0.5, 0.6) is 0 Å². The van der Waals surface area contributed by atoms with Gasteiger partial charge in [0, 0.05) is 19.3 Å². The fourth-order valence-electron chi connectivity index (χ4n) is 10.8. The van der Waals surface area contributed by atoms with Crippen LogP contribution in [0.25, 0.3) is 0 Å². The van der Waals surface area contributed by atoms with E-state index in [9.17, 15) is 14.4 Å². The Morgan fingerprint density at radius 3 is 0.641 bits per heavy atom. The minimum Gasteiger partial charge on any atom is -0.462 e. The second kappa shape index (κ2) is 67.4. The highest BCUT2D eigenvalue weighted by atomic mass is 16.6. The minimum atomic E-state index is -0.774. The molecule has 0 aromatic carbocycles. The second-order valence-corrected chi connectivity index (χ2v) is 24.1. The van der Waals surface area contributed by atoms with E-state index in [4.69, 9.17) is 14.2 Å². The molecule has 460 valence electrons. The van der Waals surface area contributed by atoms with Crippen molar-refractivity contribution in [2.75, 3.05) is 13.2 Å². The highest BCUT2D eigenvalue weighted by Crippen LogP contribution is 2.19. The Bertz CT molecular complexity index is 1260. The van der Waals surface area contributed by atoms with Crippen LogP contribution in [0.3, 0.4) is 0 Å². The molecule has 1 unspecified atom stereocenters. The van der Waals surface area contributed by atoms with E-state index < -0.39 is 6.10 Å². The first kappa shape index (κ1) is 75.9. The molecule has 0 aromatic rings. The van der Waals surface area contributed by atoms with Gasteiger partial charge in [0.2, 0.25) is 0 Å². The number of ether oxygens (including phenoxy) is 3. The van der Waals surface area contributed by atoms with Crippen LogP contribution >= 0.6 is 0 Å². The summed E-state index contributed by atoms with van der Waals surface area (Å²) in [5.41, 5.74) is 0. The lowest BCUT2D eigenvalue weighted by Crippen LogP contribution is -2.30. The summed E-state index contributed by atoms with van der Waals surface area (Å²) in [4.78, 5) is 38.4. The molecule has 0 spiro atoms. The summed E-state index contributed by atoms with van der Waals surface area (Å²) in [6.45, 7) is 6.71. The number of hydrogen-bond donors (Lipinski definition) is 0. The van der Waals surface area contributed by atoms with Gasteiger partial charge in [-0.15, -0.1) is 0 Å². The molecular weight excluding hydrogens is 961 g/mol. The number of carbonyl (C=O) groups excluding carboxylic acids is 3. The largest absolute Gasteiger partial charge is 0.462 e. The van der Waals surface area contributed by atoms with Gasteiger partial charge in [-0.25, -0.2) is 0 Å². The third kappa shape index (κ3) is 64.7. The van der Waals surface area contributed by atoms with Crippen LogP contribution in [0, 0.1) is 0 Å². The molecule has 0 aliphatic rings. The molecular formula is C72H136O6. The Kier molecular flexibility index (Phi) is 65.6. The summed E-state index contributed by atoms with van der Waals surface area (Å²) in [6.07, 6.45) is 82.0. The zero-order valence-corrected chi connectivity index (χ0v) is 53.0. The van der Waals surface area contributed by atoms with E-state index >= 15 is 0 Å². The predicted octanol–water partition coefficient (Wildman–Crippen LogP) is 24.2. The number of carbonyl (C=O) groups is 3. The monoisotopic (exact) mass is 1100 g/mol. The van der Waals surface area contributed by atoms with E-state index in [0.717, 1.165) is 64.2 Å². The molecule has 0 aromatic heterocycles. The molecule has 0 rings (SSSR count). The zero-order chi connectivity index (χ0) is 56.4. The number of rotatable bonds is 66. The molecule has 0 fully saturated rings. The van der Waals surface area contributed by atoms with Crippen LogP contribution in [0.15, 0.2) is 24.3 Å².